The summed E-state index contributed by atoms with van der Waals surface area (Å²) in [5, 5.41) is 2.53. The van der Waals surface area contributed by atoms with Crippen molar-refractivity contribution in [3.63, 3.8) is 0 Å². The van der Waals surface area contributed by atoms with Gasteiger partial charge in [0.2, 0.25) is 0 Å². The molecule has 1 saturated heterocycles. The molecule has 0 amide bonds. The van der Waals surface area contributed by atoms with E-state index in [1.807, 2.05) is 0 Å². The maximum atomic E-state index is 6.18. The van der Waals surface area contributed by atoms with E-state index in [4.69, 9.17) is 5.73 Å². The molecule has 2 rings (SSSR count). The molecular formula is C16H33N3. The fourth-order valence-electron chi connectivity index (χ4n) is 3.86. The second-order valence-electron chi connectivity index (χ2n) is 6.90. The zero-order valence-electron chi connectivity index (χ0n) is 13.0. The summed E-state index contributed by atoms with van der Waals surface area (Å²) in [4.78, 5) is 0. The lowest BCUT2D eigenvalue weighted by molar-refractivity contribution is -0.00607. The number of piperidine rings is 1. The topological polar surface area (TPSA) is 41.3 Å². The summed E-state index contributed by atoms with van der Waals surface area (Å²) < 4.78 is 0. The monoisotopic (exact) mass is 267 g/mol. The third kappa shape index (κ3) is 3.93. The van der Waals surface area contributed by atoms with Gasteiger partial charge in [-0.2, -0.15) is 0 Å². The highest BCUT2D eigenvalue weighted by Crippen LogP contribution is 2.29. The Hall–Kier alpha value is -0.120. The molecule has 0 radical (unpaired) electrons. The molecular weight excluding hydrogens is 234 g/mol. The van der Waals surface area contributed by atoms with Gasteiger partial charge in [-0.15, -0.1) is 0 Å². The molecule has 0 bridgehead atoms. The molecule has 2 fully saturated rings. The van der Waals surface area contributed by atoms with Crippen LogP contribution in [0, 0.1) is 0 Å². The van der Waals surface area contributed by atoms with Gasteiger partial charge in [0, 0.05) is 24.2 Å². The molecule has 112 valence electrons. The third-order valence-corrected chi connectivity index (χ3v) is 5.26. The fraction of sp³-hybridized carbons (Fsp3) is 1.00. The highest BCUT2D eigenvalue weighted by molar-refractivity contribution is 4.91. The van der Waals surface area contributed by atoms with Gasteiger partial charge in [0.05, 0.1) is 0 Å². The number of hydrogen-bond donors (Lipinski definition) is 2. The van der Waals surface area contributed by atoms with Gasteiger partial charge >= 0.3 is 0 Å². The van der Waals surface area contributed by atoms with E-state index < -0.39 is 0 Å². The van der Waals surface area contributed by atoms with Gasteiger partial charge in [0.25, 0.3) is 0 Å². The summed E-state index contributed by atoms with van der Waals surface area (Å²) >= 11 is 0. The van der Waals surface area contributed by atoms with Gasteiger partial charge in [0.1, 0.15) is 0 Å². The smallest absolute Gasteiger partial charge is 0.0448 e. The Balaban J connectivity index is 2.02. The van der Waals surface area contributed by atoms with Gasteiger partial charge in [-0.1, -0.05) is 38.5 Å². The molecule has 2 aliphatic rings. The predicted octanol–water partition coefficient (Wildman–Crippen LogP) is 3.20. The average Bonchev–Trinajstić information content (AvgIpc) is 2.37. The zero-order chi connectivity index (χ0) is 13.7. The Labute approximate surface area is 119 Å². The van der Waals surface area contributed by atoms with Crippen molar-refractivity contribution in [2.75, 3.05) is 6.54 Å². The van der Waals surface area contributed by atoms with Crippen molar-refractivity contribution in [2.45, 2.75) is 95.7 Å². The van der Waals surface area contributed by atoms with E-state index in [1.54, 1.807) is 0 Å². The van der Waals surface area contributed by atoms with E-state index in [-0.39, 0.29) is 5.54 Å². The third-order valence-electron chi connectivity index (χ3n) is 5.26. The molecule has 0 aromatic heterocycles. The van der Waals surface area contributed by atoms with E-state index >= 15 is 0 Å². The SMILES string of the molecule is CC1CCCC(C)N1NC1(CN)CCCCCCC1. The minimum absolute atomic E-state index is 0.167. The van der Waals surface area contributed by atoms with Crippen molar-refractivity contribution < 1.29 is 0 Å². The summed E-state index contributed by atoms with van der Waals surface area (Å²) in [5.74, 6) is 0. The van der Waals surface area contributed by atoms with Gasteiger partial charge in [-0.25, -0.2) is 10.4 Å². The van der Waals surface area contributed by atoms with Crippen LogP contribution in [0.4, 0.5) is 0 Å². The van der Waals surface area contributed by atoms with Crippen molar-refractivity contribution >= 4 is 0 Å². The molecule has 19 heavy (non-hydrogen) atoms. The lowest BCUT2D eigenvalue weighted by Crippen LogP contribution is -2.63. The zero-order valence-corrected chi connectivity index (χ0v) is 13.0. The predicted molar refractivity (Wildman–Crippen MR) is 81.9 cm³/mol. The molecule has 3 N–H and O–H groups in total. The first-order valence-corrected chi connectivity index (χ1v) is 8.43. The van der Waals surface area contributed by atoms with Crippen molar-refractivity contribution in [3.05, 3.63) is 0 Å². The molecule has 1 heterocycles. The molecule has 1 saturated carbocycles. The van der Waals surface area contributed by atoms with Crippen LogP contribution in [0.25, 0.3) is 0 Å². The summed E-state index contributed by atoms with van der Waals surface area (Å²) in [6.07, 6.45) is 13.4. The molecule has 2 atom stereocenters. The number of nitrogens with two attached hydrogens (primary N) is 1. The average molecular weight is 267 g/mol. The maximum Gasteiger partial charge on any atom is 0.0448 e. The number of nitrogens with one attached hydrogen (secondary N) is 1. The summed E-state index contributed by atoms with van der Waals surface area (Å²) in [7, 11) is 0. The Morgan fingerprint density at radius 3 is 2.00 bits per heavy atom. The van der Waals surface area contributed by atoms with Crippen molar-refractivity contribution in [1.82, 2.24) is 10.4 Å². The molecule has 0 spiro atoms. The normalized spacial score (nSPS) is 33.6. The second kappa shape index (κ2) is 7.05. The largest absolute Gasteiger partial charge is 0.329 e. The van der Waals surface area contributed by atoms with Crippen LogP contribution in [0.3, 0.4) is 0 Å². The Bertz CT molecular complexity index is 249. The minimum Gasteiger partial charge on any atom is -0.329 e. The van der Waals surface area contributed by atoms with Gasteiger partial charge in [-0.3, -0.25) is 0 Å². The van der Waals surface area contributed by atoms with Crippen molar-refractivity contribution in [3.8, 4) is 0 Å². The number of hydrogen-bond acceptors (Lipinski definition) is 3. The first-order valence-electron chi connectivity index (χ1n) is 8.43. The molecule has 1 aliphatic carbocycles. The lowest BCUT2D eigenvalue weighted by atomic mass is 9.84. The van der Waals surface area contributed by atoms with Crippen LogP contribution >= 0.6 is 0 Å². The molecule has 2 unspecified atom stereocenters. The summed E-state index contributed by atoms with van der Waals surface area (Å²) in [6.45, 7) is 5.49. The van der Waals surface area contributed by atoms with Crippen LogP contribution in [0.1, 0.15) is 78.1 Å². The highest BCUT2D eigenvalue weighted by atomic mass is 15.6. The fourth-order valence-corrected chi connectivity index (χ4v) is 3.86. The molecule has 0 aromatic carbocycles. The quantitative estimate of drug-likeness (QED) is 0.825. The maximum absolute atomic E-state index is 6.18. The van der Waals surface area contributed by atoms with Crippen LogP contribution in [0.2, 0.25) is 0 Å². The van der Waals surface area contributed by atoms with Crippen LogP contribution in [-0.4, -0.2) is 29.2 Å². The Kier molecular flexibility index (Phi) is 5.67. The van der Waals surface area contributed by atoms with E-state index in [9.17, 15) is 0 Å². The first kappa shape index (κ1) is 15.3. The lowest BCUT2D eigenvalue weighted by Gasteiger charge is -2.47. The first-order chi connectivity index (χ1) is 9.17. The molecule has 1 aliphatic heterocycles. The number of nitrogens with zero attached hydrogens (tertiary/aromatic N) is 1. The van der Waals surface area contributed by atoms with Gasteiger partial charge < -0.3 is 5.73 Å². The van der Waals surface area contributed by atoms with Crippen LogP contribution < -0.4 is 11.2 Å². The summed E-state index contributed by atoms with van der Waals surface area (Å²) in [5.41, 5.74) is 10.2. The minimum atomic E-state index is 0.167. The Morgan fingerprint density at radius 2 is 1.47 bits per heavy atom. The van der Waals surface area contributed by atoms with Crippen LogP contribution in [0.5, 0.6) is 0 Å². The van der Waals surface area contributed by atoms with E-state index in [0.29, 0.717) is 12.1 Å². The molecule has 0 aromatic rings. The number of rotatable bonds is 3. The van der Waals surface area contributed by atoms with Gasteiger partial charge in [-0.05, 0) is 39.5 Å². The summed E-state index contributed by atoms with van der Waals surface area (Å²) in [6, 6.07) is 1.30. The standard InChI is InChI=1S/C16H33N3/c1-14-9-8-10-15(2)19(14)18-16(13-17)11-6-4-3-5-7-12-16/h14-15,18H,3-13,17H2,1-2H3. The highest BCUT2D eigenvalue weighted by Gasteiger charge is 2.34. The second-order valence-corrected chi connectivity index (χ2v) is 6.90. The molecule has 3 heteroatoms. The van der Waals surface area contributed by atoms with E-state index in [0.717, 1.165) is 6.54 Å². The van der Waals surface area contributed by atoms with Crippen LogP contribution in [-0.2, 0) is 0 Å². The number of hydrazine groups is 1. The molecule has 3 nitrogen and oxygen atoms in total. The van der Waals surface area contributed by atoms with E-state index in [1.165, 1.54) is 64.2 Å². The van der Waals surface area contributed by atoms with Crippen molar-refractivity contribution in [2.24, 2.45) is 5.73 Å². The Morgan fingerprint density at radius 1 is 0.947 bits per heavy atom. The van der Waals surface area contributed by atoms with Crippen molar-refractivity contribution in [1.29, 1.82) is 0 Å². The van der Waals surface area contributed by atoms with Crippen LogP contribution in [0.15, 0.2) is 0 Å². The van der Waals surface area contributed by atoms with E-state index in [2.05, 4.69) is 24.3 Å². The van der Waals surface area contributed by atoms with Gasteiger partial charge in [0.15, 0.2) is 0 Å².